The van der Waals surface area contributed by atoms with E-state index in [1.54, 1.807) is 23.4 Å². The maximum atomic E-state index is 12.8. The highest BCUT2D eigenvalue weighted by molar-refractivity contribution is 7.09. The van der Waals surface area contributed by atoms with E-state index in [2.05, 4.69) is 4.98 Å². The minimum absolute atomic E-state index is 0.124. The van der Waals surface area contributed by atoms with E-state index in [1.165, 1.54) is 16.2 Å². The molecule has 1 fully saturated rings. The van der Waals surface area contributed by atoms with Gasteiger partial charge < -0.3 is 15.5 Å². The maximum Gasteiger partial charge on any atom is 0.273 e. The number of para-hydroxylation sites is 1. The Morgan fingerprint density at radius 2 is 2.24 bits per heavy atom. The molecule has 2 amide bonds. The Labute approximate surface area is 155 Å². The highest BCUT2D eigenvalue weighted by Gasteiger charge is 2.38. The average molecular weight is 379 g/mol. The third-order valence-electron chi connectivity index (χ3n) is 4.24. The minimum atomic E-state index is -0.511. The summed E-state index contributed by atoms with van der Waals surface area (Å²) in [7, 11) is 1.64. The van der Waals surface area contributed by atoms with Crippen molar-refractivity contribution in [1.82, 2.24) is 9.88 Å². The average Bonchev–Trinajstić information content (AvgIpc) is 3.21. The molecular formula is C17H19ClN4O2S. The van der Waals surface area contributed by atoms with Crippen LogP contribution in [0, 0.1) is 0 Å². The van der Waals surface area contributed by atoms with E-state index in [0.717, 1.165) is 5.01 Å². The molecule has 1 unspecified atom stereocenters. The molecule has 25 heavy (non-hydrogen) atoms. The first-order valence-electron chi connectivity index (χ1n) is 8.00. The molecule has 0 spiro atoms. The Hall–Kier alpha value is -1.96. The molecule has 0 aliphatic carbocycles. The van der Waals surface area contributed by atoms with Crippen LogP contribution in [0.3, 0.4) is 0 Å². The fourth-order valence-electron chi connectivity index (χ4n) is 2.90. The first kappa shape index (κ1) is 17.8. The third kappa shape index (κ3) is 3.53. The van der Waals surface area contributed by atoms with Gasteiger partial charge in [-0.05, 0) is 25.1 Å². The van der Waals surface area contributed by atoms with E-state index in [-0.39, 0.29) is 11.8 Å². The molecule has 1 atom stereocenters. The summed E-state index contributed by atoms with van der Waals surface area (Å²) < 4.78 is 0. The number of rotatable bonds is 5. The van der Waals surface area contributed by atoms with Crippen LogP contribution in [0.15, 0.2) is 29.6 Å². The summed E-state index contributed by atoms with van der Waals surface area (Å²) >= 11 is 7.61. The van der Waals surface area contributed by atoms with E-state index in [1.807, 2.05) is 18.2 Å². The van der Waals surface area contributed by atoms with Gasteiger partial charge in [-0.15, -0.1) is 11.3 Å². The number of hydrogen-bond donors (Lipinski definition) is 1. The number of likely N-dealkylation sites (N-methyl/N-ethyl adjacent to an activating group) is 1. The summed E-state index contributed by atoms with van der Waals surface area (Å²) in [6.45, 7) is 1.02. The van der Waals surface area contributed by atoms with Crippen LogP contribution in [-0.4, -0.2) is 47.9 Å². The van der Waals surface area contributed by atoms with Crippen molar-refractivity contribution < 1.29 is 9.59 Å². The van der Waals surface area contributed by atoms with Gasteiger partial charge in [-0.2, -0.15) is 0 Å². The largest absolute Gasteiger partial charge is 0.330 e. The SMILES string of the molecule is CN(C(=O)c1csc(CCN)n1)C1CCN(c2ccccc2Cl)C1=O. The minimum Gasteiger partial charge on any atom is -0.330 e. The summed E-state index contributed by atoms with van der Waals surface area (Å²) in [5.41, 5.74) is 6.55. The number of halogens is 1. The highest BCUT2D eigenvalue weighted by atomic mass is 35.5. The third-order valence-corrected chi connectivity index (χ3v) is 5.47. The number of carbonyl (C=O) groups is 2. The zero-order valence-corrected chi connectivity index (χ0v) is 15.4. The lowest BCUT2D eigenvalue weighted by molar-refractivity contribution is -0.120. The smallest absolute Gasteiger partial charge is 0.273 e. The molecule has 3 rings (SSSR count). The van der Waals surface area contributed by atoms with Gasteiger partial charge >= 0.3 is 0 Å². The second kappa shape index (κ2) is 7.51. The van der Waals surface area contributed by atoms with Crippen molar-refractivity contribution in [2.24, 2.45) is 5.73 Å². The van der Waals surface area contributed by atoms with Crippen molar-refractivity contribution in [2.75, 3.05) is 25.0 Å². The number of nitrogens with zero attached hydrogens (tertiary/aromatic N) is 3. The lowest BCUT2D eigenvalue weighted by Crippen LogP contribution is -2.43. The Morgan fingerprint density at radius 3 is 2.96 bits per heavy atom. The molecule has 1 aromatic heterocycles. The van der Waals surface area contributed by atoms with Gasteiger partial charge in [-0.3, -0.25) is 9.59 Å². The molecule has 2 heterocycles. The molecular weight excluding hydrogens is 360 g/mol. The Kier molecular flexibility index (Phi) is 5.36. The summed E-state index contributed by atoms with van der Waals surface area (Å²) in [4.78, 5) is 32.8. The van der Waals surface area contributed by atoms with E-state index in [0.29, 0.717) is 42.3 Å². The van der Waals surface area contributed by atoms with Crippen molar-refractivity contribution >= 4 is 40.4 Å². The van der Waals surface area contributed by atoms with Gasteiger partial charge in [0, 0.05) is 25.4 Å². The van der Waals surface area contributed by atoms with Crippen LogP contribution in [0.2, 0.25) is 5.02 Å². The predicted octanol–water partition coefficient (Wildman–Crippen LogP) is 2.18. The highest BCUT2D eigenvalue weighted by Crippen LogP contribution is 2.30. The van der Waals surface area contributed by atoms with Crippen LogP contribution in [0.1, 0.15) is 21.9 Å². The molecule has 0 saturated carbocycles. The number of hydrogen-bond acceptors (Lipinski definition) is 5. The van der Waals surface area contributed by atoms with Gasteiger partial charge in [0.25, 0.3) is 5.91 Å². The molecule has 132 valence electrons. The van der Waals surface area contributed by atoms with Crippen LogP contribution in [0.4, 0.5) is 5.69 Å². The van der Waals surface area contributed by atoms with Crippen molar-refractivity contribution in [3.63, 3.8) is 0 Å². The Bertz CT molecular complexity index is 794. The molecule has 0 bridgehead atoms. The monoisotopic (exact) mass is 378 g/mol. The maximum absolute atomic E-state index is 12.8. The first-order chi connectivity index (χ1) is 12.0. The number of thiazole rings is 1. The normalized spacial score (nSPS) is 17.2. The van der Waals surface area contributed by atoms with Crippen molar-refractivity contribution in [3.05, 3.63) is 45.4 Å². The van der Waals surface area contributed by atoms with Crippen LogP contribution in [-0.2, 0) is 11.2 Å². The molecule has 0 radical (unpaired) electrons. The topological polar surface area (TPSA) is 79.5 Å². The lowest BCUT2D eigenvalue weighted by atomic mass is 10.2. The molecule has 1 saturated heterocycles. The zero-order chi connectivity index (χ0) is 18.0. The number of anilines is 1. The molecule has 6 nitrogen and oxygen atoms in total. The van der Waals surface area contributed by atoms with Crippen LogP contribution < -0.4 is 10.6 Å². The Balaban J connectivity index is 1.74. The summed E-state index contributed by atoms with van der Waals surface area (Å²) in [6.07, 6.45) is 1.20. The quantitative estimate of drug-likeness (QED) is 0.864. The van der Waals surface area contributed by atoms with Crippen LogP contribution in [0.5, 0.6) is 0 Å². The van der Waals surface area contributed by atoms with Crippen molar-refractivity contribution in [3.8, 4) is 0 Å². The summed E-state index contributed by atoms with van der Waals surface area (Å²) in [5, 5.41) is 3.07. The molecule has 1 aliphatic rings. The summed E-state index contributed by atoms with van der Waals surface area (Å²) in [6, 6.07) is 6.71. The van der Waals surface area contributed by atoms with Crippen molar-refractivity contribution in [1.29, 1.82) is 0 Å². The van der Waals surface area contributed by atoms with Gasteiger partial charge in [-0.25, -0.2) is 4.98 Å². The molecule has 2 aromatic rings. The molecule has 1 aliphatic heterocycles. The van der Waals surface area contributed by atoms with Gasteiger partial charge in [0.05, 0.1) is 15.7 Å². The number of amides is 2. The standard InChI is InChI=1S/C17H19ClN4O2S/c1-21(16(23)12-10-25-15(20-12)6-8-19)14-7-9-22(17(14)24)13-5-3-2-4-11(13)18/h2-5,10,14H,6-9,19H2,1H3. The number of aromatic nitrogens is 1. The van der Waals surface area contributed by atoms with Gasteiger partial charge in [0.1, 0.15) is 11.7 Å². The zero-order valence-electron chi connectivity index (χ0n) is 13.8. The Morgan fingerprint density at radius 1 is 1.48 bits per heavy atom. The fraction of sp³-hybridized carbons (Fsp3) is 0.353. The van der Waals surface area contributed by atoms with Gasteiger partial charge in [-0.1, -0.05) is 23.7 Å². The van der Waals surface area contributed by atoms with Crippen molar-refractivity contribution in [2.45, 2.75) is 18.9 Å². The molecule has 1 aromatic carbocycles. The molecule has 2 N–H and O–H groups in total. The van der Waals surface area contributed by atoms with E-state index >= 15 is 0 Å². The summed E-state index contributed by atoms with van der Waals surface area (Å²) in [5.74, 6) is -0.375. The lowest BCUT2D eigenvalue weighted by Gasteiger charge is -2.23. The number of benzene rings is 1. The fourth-order valence-corrected chi connectivity index (χ4v) is 3.93. The van der Waals surface area contributed by atoms with Crippen LogP contribution in [0.25, 0.3) is 0 Å². The van der Waals surface area contributed by atoms with E-state index in [9.17, 15) is 9.59 Å². The van der Waals surface area contributed by atoms with Gasteiger partial charge in [0.15, 0.2) is 0 Å². The van der Waals surface area contributed by atoms with Crippen LogP contribution >= 0.6 is 22.9 Å². The second-order valence-electron chi connectivity index (χ2n) is 5.83. The first-order valence-corrected chi connectivity index (χ1v) is 9.26. The number of nitrogens with two attached hydrogens (primary N) is 1. The predicted molar refractivity (Wildman–Crippen MR) is 99.2 cm³/mol. The van der Waals surface area contributed by atoms with E-state index < -0.39 is 6.04 Å². The second-order valence-corrected chi connectivity index (χ2v) is 7.18. The van der Waals surface area contributed by atoms with E-state index in [4.69, 9.17) is 17.3 Å². The molecule has 8 heteroatoms. The number of carbonyl (C=O) groups excluding carboxylic acids is 2. The van der Waals surface area contributed by atoms with Gasteiger partial charge in [0.2, 0.25) is 5.91 Å².